The maximum Gasteiger partial charge on any atom is 0.250 e. The summed E-state index contributed by atoms with van der Waals surface area (Å²) < 4.78 is 5.62. The summed E-state index contributed by atoms with van der Waals surface area (Å²) in [4.78, 5) is 0. The fourth-order valence-corrected chi connectivity index (χ4v) is 2.70. The van der Waals surface area contributed by atoms with Gasteiger partial charge in [0.15, 0.2) is 0 Å². The van der Waals surface area contributed by atoms with Crippen molar-refractivity contribution in [3.63, 3.8) is 0 Å². The molecule has 0 aliphatic heterocycles. The summed E-state index contributed by atoms with van der Waals surface area (Å²) in [5.74, 6) is 0.552. The molecule has 0 N–H and O–H groups in total. The predicted molar refractivity (Wildman–Crippen MR) is 83.9 cm³/mol. The zero-order chi connectivity index (χ0) is 14.8. The van der Waals surface area contributed by atoms with Crippen LogP contribution in [0, 0.1) is 0 Å². The minimum Gasteiger partial charge on any atom is -0.419 e. The van der Waals surface area contributed by atoms with Crippen LogP contribution in [0.1, 0.15) is 16.8 Å². The van der Waals surface area contributed by atoms with Crippen molar-refractivity contribution in [1.29, 1.82) is 0 Å². The minimum absolute atomic E-state index is 0.252. The second-order valence-electron chi connectivity index (χ2n) is 4.32. The average molecular weight is 340 g/mol. The molecular weight excluding hydrogens is 331 g/mol. The quantitative estimate of drug-likeness (QED) is 0.602. The molecule has 0 amide bonds. The average Bonchev–Trinajstić information content (AvgIpc) is 2.97. The molecule has 1 atom stereocenters. The van der Waals surface area contributed by atoms with Crippen molar-refractivity contribution in [3.8, 4) is 11.5 Å². The Hall–Kier alpha value is -1.55. The zero-order valence-electron chi connectivity index (χ0n) is 10.6. The van der Waals surface area contributed by atoms with E-state index in [1.54, 1.807) is 18.2 Å². The highest BCUT2D eigenvalue weighted by Gasteiger charge is 2.21. The third-order valence-corrected chi connectivity index (χ3v) is 3.99. The standard InChI is InChI=1S/C15H9Cl3N2O/c16-10-7-4-8-11(17)12(10)14-19-20-15(21-14)13(18)9-5-2-1-3-6-9/h1-8,13H. The predicted octanol–water partition coefficient (Wildman–Crippen LogP) is 5.37. The van der Waals surface area contributed by atoms with Crippen LogP contribution in [0.3, 0.4) is 0 Å². The van der Waals surface area contributed by atoms with E-state index in [1.165, 1.54) is 0 Å². The number of nitrogens with zero attached hydrogens (tertiary/aromatic N) is 2. The Kier molecular flexibility index (Phi) is 4.15. The first-order chi connectivity index (χ1) is 10.2. The van der Waals surface area contributed by atoms with Crippen molar-refractivity contribution in [2.75, 3.05) is 0 Å². The monoisotopic (exact) mass is 338 g/mol. The first kappa shape index (κ1) is 14.4. The summed E-state index contributed by atoms with van der Waals surface area (Å²) in [7, 11) is 0. The molecular formula is C15H9Cl3N2O. The van der Waals surface area contributed by atoms with Gasteiger partial charge in [-0.2, -0.15) is 0 Å². The van der Waals surface area contributed by atoms with Gasteiger partial charge in [-0.05, 0) is 17.7 Å². The molecule has 0 aliphatic rings. The van der Waals surface area contributed by atoms with E-state index >= 15 is 0 Å². The lowest BCUT2D eigenvalue weighted by Crippen LogP contribution is -1.92. The van der Waals surface area contributed by atoms with E-state index in [9.17, 15) is 0 Å². The number of hydrogen-bond acceptors (Lipinski definition) is 3. The van der Waals surface area contributed by atoms with E-state index in [0.29, 0.717) is 21.5 Å². The molecule has 1 heterocycles. The van der Waals surface area contributed by atoms with Crippen molar-refractivity contribution in [3.05, 3.63) is 70.0 Å². The number of alkyl halides is 1. The van der Waals surface area contributed by atoms with Gasteiger partial charge in [0, 0.05) is 0 Å². The first-order valence-corrected chi connectivity index (χ1v) is 7.33. The van der Waals surface area contributed by atoms with Crippen LogP contribution in [0.15, 0.2) is 52.9 Å². The fourth-order valence-electron chi connectivity index (χ4n) is 1.90. The highest BCUT2D eigenvalue weighted by atomic mass is 35.5. The Morgan fingerprint density at radius 3 is 2.19 bits per heavy atom. The molecule has 21 heavy (non-hydrogen) atoms. The van der Waals surface area contributed by atoms with Gasteiger partial charge in [0.25, 0.3) is 5.89 Å². The van der Waals surface area contributed by atoms with Crippen molar-refractivity contribution in [2.45, 2.75) is 5.38 Å². The number of benzene rings is 2. The van der Waals surface area contributed by atoms with Crippen LogP contribution in [0.25, 0.3) is 11.5 Å². The highest BCUT2D eigenvalue weighted by molar-refractivity contribution is 6.38. The van der Waals surface area contributed by atoms with Gasteiger partial charge in [-0.25, -0.2) is 0 Å². The smallest absolute Gasteiger partial charge is 0.250 e. The van der Waals surface area contributed by atoms with E-state index in [4.69, 9.17) is 39.2 Å². The molecule has 1 unspecified atom stereocenters. The van der Waals surface area contributed by atoms with Crippen LogP contribution >= 0.6 is 34.8 Å². The molecule has 3 rings (SSSR count). The Labute approximate surface area is 136 Å². The van der Waals surface area contributed by atoms with E-state index in [0.717, 1.165) is 5.56 Å². The first-order valence-electron chi connectivity index (χ1n) is 6.13. The molecule has 0 radical (unpaired) electrons. The maximum absolute atomic E-state index is 6.35. The fraction of sp³-hybridized carbons (Fsp3) is 0.0667. The second kappa shape index (κ2) is 6.06. The maximum atomic E-state index is 6.35. The van der Waals surface area contributed by atoms with E-state index in [1.807, 2.05) is 30.3 Å². The normalized spacial score (nSPS) is 12.3. The van der Waals surface area contributed by atoms with Crippen molar-refractivity contribution >= 4 is 34.8 Å². The van der Waals surface area contributed by atoms with Gasteiger partial charge >= 0.3 is 0 Å². The topological polar surface area (TPSA) is 38.9 Å². The number of aromatic nitrogens is 2. The molecule has 106 valence electrons. The Balaban J connectivity index is 1.97. The molecule has 2 aromatic carbocycles. The van der Waals surface area contributed by atoms with E-state index in [2.05, 4.69) is 10.2 Å². The molecule has 0 saturated heterocycles. The number of hydrogen-bond donors (Lipinski definition) is 0. The third kappa shape index (κ3) is 2.91. The summed E-state index contributed by atoms with van der Waals surface area (Å²) in [6.07, 6.45) is 0. The Morgan fingerprint density at radius 2 is 1.52 bits per heavy atom. The number of halogens is 3. The molecule has 0 fully saturated rings. The summed E-state index contributed by atoms with van der Waals surface area (Å²) in [5.41, 5.74) is 1.39. The van der Waals surface area contributed by atoms with E-state index < -0.39 is 5.38 Å². The van der Waals surface area contributed by atoms with Gasteiger partial charge in [-0.1, -0.05) is 59.6 Å². The lowest BCUT2D eigenvalue weighted by Gasteiger charge is -2.04. The van der Waals surface area contributed by atoms with Gasteiger partial charge in [0.1, 0.15) is 5.38 Å². The molecule has 3 nitrogen and oxygen atoms in total. The van der Waals surface area contributed by atoms with Gasteiger partial charge in [0.05, 0.1) is 15.6 Å². The molecule has 0 aliphatic carbocycles. The van der Waals surface area contributed by atoms with Crippen LogP contribution in [-0.4, -0.2) is 10.2 Å². The molecule has 6 heteroatoms. The molecule has 1 aromatic heterocycles. The summed E-state index contributed by atoms with van der Waals surface area (Å²) >= 11 is 18.6. The lowest BCUT2D eigenvalue weighted by molar-refractivity contribution is 0.513. The summed E-state index contributed by atoms with van der Waals surface area (Å²) in [5, 5.41) is 8.35. The largest absolute Gasteiger partial charge is 0.419 e. The van der Waals surface area contributed by atoms with Crippen LogP contribution in [0.4, 0.5) is 0 Å². The van der Waals surface area contributed by atoms with Crippen molar-refractivity contribution < 1.29 is 4.42 Å². The molecule has 0 bridgehead atoms. The van der Waals surface area contributed by atoms with Gasteiger partial charge in [-0.15, -0.1) is 21.8 Å². The Bertz CT molecular complexity index is 738. The van der Waals surface area contributed by atoms with Crippen LogP contribution < -0.4 is 0 Å². The minimum atomic E-state index is -0.520. The van der Waals surface area contributed by atoms with Crippen LogP contribution in [0.2, 0.25) is 10.0 Å². The van der Waals surface area contributed by atoms with Crippen molar-refractivity contribution in [2.24, 2.45) is 0 Å². The van der Waals surface area contributed by atoms with Crippen molar-refractivity contribution in [1.82, 2.24) is 10.2 Å². The van der Waals surface area contributed by atoms with Gasteiger partial charge in [0.2, 0.25) is 5.89 Å². The molecule has 0 saturated carbocycles. The number of rotatable bonds is 3. The van der Waals surface area contributed by atoms with Crippen LogP contribution in [-0.2, 0) is 0 Å². The molecule has 0 spiro atoms. The van der Waals surface area contributed by atoms with E-state index in [-0.39, 0.29) is 5.89 Å². The summed E-state index contributed by atoms with van der Waals surface area (Å²) in [6.45, 7) is 0. The molecule has 3 aromatic rings. The third-order valence-electron chi connectivity index (χ3n) is 2.93. The van der Waals surface area contributed by atoms with Crippen LogP contribution in [0.5, 0.6) is 0 Å². The van der Waals surface area contributed by atoms with Gasteiger partial charge in [-0.3, -0.25) is 0 Å². The lowest BCUT2D eigenvalue weighted by atomic mass is 10.1. The SMILES string of the molecule is Clc1cccc(Cl)c1-c1nnc(C(Cl)c2ccccc2)o1. The Morgan fingerprint density at radius 1 is 0.857 bits per heavy atom. The summed E-state index contributed by atoms with van der Waals surface area (Å²) in [6, 6.07) is 14.7. The highest BCUT2D eigenvalue weighted by Crippen LogP contribution is 2.36. The van der Waals surface area contributed by atoms with Gasteiger partial charge < -0.3 is 4.42 Å². The zero-order valence-corrected chi connectivity index (χ0v) is 12.9. The second-order valence-corrected chi connectivity index (χ2v) is 5.57.